The average molecular weight is 295 g/mol. The number of rotatable bonds is 10. The molecule has 15 heavy (non-hydrogen) atoms. The van der Waals surface area contributed by atoms with Crippen LogP contribution >= 0.6 is 0 Å². The molecule has 0 spiro atoms. The van der Waals surface area contributed by atoms with Gasteiger partial charge in [0, 0.05) is 0 Å². The van der Waals surface area contributed by atoms with Crippen molar-refractivity contribution in [1.82, 2.24) is 0 Å². The Balaban J connectivity index is 2.02. The molecule has 0 N–H and O–H groups in total. The first-order valence-corrected chi connectivity index (χ1v) is 9.84. The Hall–Kier alpha value is 0.763. The predicted octanol–water partition coefficient (Wildman–Crippen LogP) is 2.89. The molecule has 0 aromatic rings. The van der Waals surface area contributed by atoms with Gasteiger partial charge in [0.25, 0.3) is 0 Å². The molecule has 89 valence electrons. The van der Waals surface area contributed by atoms with Crippen molar-refractivity contribution in [1.29, 1.82) is 0 Å². The molecule has 4 heteroatoms. The first-order valence-electron chi connectivity index (χ1n) is 6.09. The van der Waals surface area contributed by atoms with Gasteiger partial charge in [0.1, 0.15) is 0 Å². The monoisotopic (exact) mass is 293 g/mol. The molecule has 0 radical (unpaired) electrons. The zero-order chi connectivity index (χ0) is 10.9. The summed E-state index contributed by atoms with van der Waals surface area (Å²) in [7, 11) is 0. The molecule has 0 bridgehead atoms. The normalized spacial score (nSPS) is 19.2. The topological polar surface area (TPSA) is 31.0 Å². The van der Waals surface area contributed by atoms with Crippen LogP contribution in [-0.4, -0.2) is 25.9 Å². The van der Waals surface area contributed by atoms with E-state index in [0.717, 1.165) is 32.7 Å². The van der Waals surface area contributed by atoms with Crippen LogP contribution in [0.1, 0.15) is 39.5 Å². The van der Waals surface area contributed by atoms with E-state index in [2.05, 4.69) is 13.8 Å². The summed E-state index contributed by atoms with van der Waals surface area (Å²) in [5.74, 6) is 0. The molecule has 1 atom stereocenters. The van der Waals surface area contributed by atoms with E-state index in [-0.39, 0.29) is 0 Å². The average Bonchev–Trinajstić information content (AvgIpc) is 3.05. The Morgan fingerprint density at radius 1 is 1.20 bits per heavy atom. The zero-order valence-electron chi connectivity index (χ0n) is 9.96. The fourth-order valence-electron chi connectivity index (χ4n) is 1.33. The molecular formula is C11H23O3Zr. The van der Waals surface area contributed by atoms with Crippen LogP contribution in [0.5, 0.6) is 0 Å². The summed E-state index contributed by atoms with van der Waals surface area (Å²) in [4.78, 5) is 0. The minimum absolute atomic E-state index is 0.562. The van der Waals surface area contributed by atoms with Gasteiger partial charge in [-0.1, -0.05) is 0 Å². The molecule has 3 nitrogen and oxygen atoms in total. The zero-order valence-corrected chi connectivity index (χ0v) is 12.4. The van der Waals surface area contributed by atoms with Crippen LogP contribution in [0.25, 0.3) is 0 Å². The fourth-order valence-corrected chi connectivity index (χ4v) is 5.58. The number of hydrogen-bond acceptors (Lipinski definition) is 3. The van der Waals surface area contributed by atoms with Gasteiger partial charge < -0.3 is 0 Å². The first kappa shape index (κ1) is 13.8. The quantitative estimate of drug-likeness (QED) is 0.581. The van der Waals surface area contributed by atoms with E-state index in [1.165, 1.54) is 17.0 Å². The summed E-state index contributed by atoms with van der Waals surface area (Å²) >= 11 is -1.92. The van der Waals surface area contributed by atoms with E-state index in [4.69, 9.17) is 10.4 Å². The number of epoxide rings is 1. The SMILES string of the molecule is CCC[O][Zr]([CH2]CCC1CO1)[O]CCC. The van der Waals surface area contributed by atoms with Gasteiger partial charge in [0.15, 0.2) is 0 Å². The summed E-state index contributed by atoms with van der Waals surface area (Å²) in [5.41, 5.74) is 0. The molecule has 0 saturated carbocycles. The molecule has 1 aliphatic rings. The van der Waals surface area contributed by atoms with Crippen molar-refractivity contribution in [3.63, 3.8) is 0 Å². The third kappa shape index (κ3) is 7.62. The molecule has 1 unspecified atom stereocenters. The van der Waals surface area contributed by atoms with Gasteiger partial charge in [-0.15, -0.1) is 0 Å². The fraction of sp³-hybridized carbons (Fsp3) is 1.00. The second-order valence-corrected chi connectivity index (χ2v) is 8.39. The third-order valence-corrected chi connectivity index (χ3v) is 6.70. The second kappa shape index (κ2) is 8.86. The number of ether oxygens (including phenoxy) is 1. The molecule has 0 aromatic heterocycles. The summed E-state index contributed by atoms with van der Waals surface area (Å²) in [5, 5.41) is 0. The summed E-state index contributed by atoms with van der Waals surface area (Å²) < 4.78 is 18.0. The van der Waals surface area contributed by atoms with Gasteiger partial charge in [-0.3, -0.25) is 0 Å². The van der Waals surface area contributed by atoms with Crippen LogP contribution < -0.4 is 0 Å². The van der Waals surface area contributed by atoms with Crippen LogP contribution in [0, 0.1) is 0 Å². The molecule has 1 aliphatic heterocycles. The van der Waals surface area contributed by atoms with E-state index in [1.54, 1.807) is 0 Å². The Bertz CT molecular complexity index is 143. The van der Waals surface area contributed by atoms with Gasteiger partial charge in [-0.25, -0.2) is 0 Å². The Labute approximate surface area is 102 Å². The predicted molar refractivity (Wildman–Crippen MR) is 56.3 cm³/mol. The van der Waals surface area contributed by atoms with Gasteiger partial charge in [-0.05, 0) is 0 Å². The van der Waals surface area contributed by atoms with E-state index >= 15 is 0 Å². The maximum atomic E-state index is 5.83. The Kier molecular flexibility index (Phi) is 8.17. The van der Waals surface area contributed by atoms with Crippen molar-refractivity contribution < 1.29 is 33.0 Å². The minimum atomic E-state index is -1.92. The van der Waals surface area contributed by atoms with Crippen LogP contribution in [0.4, 0.5) is 0 Å². The van der Waals surface area contributed by atoms with E-state index < -0.39 is 22.6 Å². The molecule has 0 aliphatic carbocycles. The van der Waals surface area contributed by atoms with Crippen molar-refractivity contribution in [2.45, 2.75) is 49.8 Å². The second-order valence-electron chi connectivity index (χ2n) is 3.92. The van der Waals surface area contributed by atoms with Crippen LogP contribution in [0.3, 0.4) is 0 Å². The first-order chi connectivity index (χ1) is 7.36. The molecule has 1 saturated heterocycles. The van der Waals surface area contributed by atoms with Crippen molar-refractivity contribution in [3.05, 3.63) is 0 Å². The summed E-state index contributed by atoms with van der Waals surface area (Å²) in [6.45, 7) is 7.05. The van der Waals surface area contributed by atoms with Gasteiger partial charge in [0.2, 0.25) is 0 Å². The van der Waals surface area contributed by atoms with E-state index in [1.807, 2.05) is 0 Å². The van der Waals surface area contributed by atoms with Crippen LogP contribution in [0.15, 0.2) is 0 Å². The van der Waals surface area contributed by atoms with Crippen molar-refractivity contribution in [3.8, 4) is 0 Å². The molecular weight excluding hydrogens is 271 g/mol. The number of hydrogen-bond donors (Lipinski definition) is 0. The Morgan fingerprint density at radius 2 is 1.80 bits per heavy atom. The summed E-state index contributed by atoms with van der Waals surface area (Å²) in [6.07, 6.45) is 5.20. The van der Waals surface area contributed by atoms with Crippen molar-refractivity contribution in [2.75, 3.05) is 19.8 Å². The van der Waals surface area contributed by atoms with Crippen LogP contribution in [0.2, 0.25) is 4.13 Å². The molecule has 1 fully saturated rings. The van der Waals surface area contributed by atoms with E-state index in [9.17, 15) is 0 Å². The maximum absolute atomic E-state index is 5.83. The molecule has 0 aromatic carbocycles. The van der Waals surface area contributed by atoms with Gasteiger partial charge in [-0.2, -0.15) is 0 Å². The van der Waals surface area contributed by atoms with Crippen molar-refractivity contribution >= 4 is 0 Å². The van der Waals surface area contributed by atoms with Crippen molar-refractivity contribution in [2.24, 2.45) is 0 Å². The standard InChI is InChI=1S/C5H9O.2C3H7O.Zr/c1-2-3-5-4-6-5;2*1-2-3-4;/h5H,1-4H2;2*2-3H2,1H3;/q;2*-1;+2. The summed E-state index contributed by atoms with van der Waals surface area (Å²) in [6, 6.07) is 0. The molecule has 0 amide bonds. The third-order valence-electron chi connectivity index (χ3n) is 2.24. The molecule has 1 rings (SSSR count). The van der Waals surface area contributed by atoms with E-state index in [0.29, 0.717) is 6.10 Å². The van der Waals surface area contributed by atoms with Gasteiger partial charge >= 0.3 is 103 Å². The van der Waals surface area contributed by atoms with Gasteiger partial charge in [0.05, 0.1) is 0 Å². The molecule has 1 heterocycles. The van der Waals surface area contributed by atoms with Crippen LogP contribution in [-0.2, 0) is 33.0 Å². The Morgan fingerprint density at radius 3 is 2.27 bits per heavy atom.